The summed E-state index contributed by atoms with van der Waals surface area (Å²) >= 11 is 0. The first kappa shape index (κ1) is 14.9. The minimum absolute atomic E-state index is 0.113. The van der Waals surface area contributed by atoms with Crippen LogP contribution in [0.25, 0.3) is 0 Å². The molecule has 1 aromatic rings. The van der Waals surface area contributed by atoms with E-state index in [1.807, 2.05) is 6.07 Å². The number of aryl methyl sites for hydroxylation is 1. The minimum atomic E-state index is -0.923. The molecule has 0 fully saturated rings. The van der Waals surface area contributed by atoms with Crippen LogP contribution in [-0.4, -0.2) is 25.2 Å². The minimum Gasteiger partial charge on any atom is -0.497 e. The lowest BCUT2D eigenvalue weighted by atomic mass is 9.74. The standard InChI is InChI=1S/C16H23NO3/c1-4-20-15(18)16(2,17)13-7-5-12-10-14(19-3)8-6-11(12)9-13/h6,8,10,13H,4-5,7,9,17H2,1-3H3. The van der Waals surface area contributed by atoms with Crippen LogP contribution < -0.4 is 10.5 Å². The highest BCUT2D eigenvalue weighted by molar-refractivity contribution is 5.80. The summed E-state index contributed by atoms with van der Waals surface area (Å²) in [6.45, 7) is 3.95. The van der Waals surface area contributed by atoms with E-state index in [9.17, 15) is 4.79 Å². The number of carbonyl (C=O) groups is 1. The summed E-state index contributed by atoms with van der Waals surface area (Å²) in [5.74, 6) is 0.688. The van der Waals surface area contributed by atoms with Crippen molar-refractivity contribution >= 4 is 5.97 Å². The molecule has 0 bridgehead atoms. The predicted octanol–water partition coefficient (Wildman–Crippen LogP) is 2.08. The normalized spacial score (nSPS) is 20.7. The zero-order chi connectivity index (χ0) is 14.8. The van der Waals surface area contributed by atoms with Crippen molar-refractivity contribution in [1.29, 1.82) is 0 Å². The van der Waals surface area contributed by atoms with Gasteiger partial charge in [-0.3, -0.25) is 4.79 Å². The van der Waals surface area contributed by atoms with E-state index >= 15 is 0 Å². The monoisotopic (exact) mass is 277 g/mol. The average Bonchev–Trinajstić information content (AvgIpc) is 2.46. The number of carbonyl (C=O) groups excluding carboxylic acids is 1. The van der Waals surface area contributed by atoms with Gasteiger partial charge in [-0.1, -0.05) is 6.07 Å². The van der Waals surface area contributed by atoms with E-state index < -0.39 is 5.54 Å². The Morgan fingerprint density at radius 2 is 2.20 bits per heavy atom. The van der Waals surface area contributed by atoms with Crippen LogP contribution >= 0.6 is 0 Å². The molecule has 0 saturated heterocycles. The third-order valence-corrected chi connectivity index (χ3v) is 4.21. The molecule has 1 aliphatic carbocycles. The highest BCUT2D eigenvalue weighted by atomic mass is 16.5. The number of rotatable bonds is 4. The van der Waals surface area contributed by atoms with Crippen LogP contribution in [0.4, 0.5) is 0 Å². The number of ether oxygens (including phenoxy) is 2. The molecule has 4 heteroatoms. The quantitative estimate of drug-likeness (QED) is 0.856. The molecule has 0 saturated carbocycles. The molecule has 0 aromatic heterocycles. The summed E-state index contributed by atoms with van der Waals surface area (Å²) in [6, 6.07) is 6.10. The predicted molar refractivity (Wildman–Crippen MR) is 77.7 cm³/mol. The highest BCUT2D eigenvalue weighted by Gasteiger charge is 2.40. The van der Waals surface area contributed by atoms with Crippen LogP contribution in [0.3, 0.4) is 0 Å². The van der Waals surface area contributed by atoms with Crippen molar-refractivity contribution in [2.75, 3.05) is 13.7 Å². The van der Waals surface area contributed by atoms with Gasteiger partial charge < -0.3 is 15.2 Å². The summed E-state index contributed by atoms with van der Waals surface area (Å²) in [5.41, 5.74) is 7.86. The van der Waals surface area contributed by atoms with Crippen molar-refractivity contribution in [1.82, 2.24) is 0 Å². The van der Waals surface area contributed by atoms with Crippen LogP contribution in [0.5, 0.6) is 5.75 Å². The molecule has 0 amide bonds. The molecular weight excluding hydrogens is 254 g/mol. The number of hydrogen-bond donors (Lipinski definition) is 1. The van der Waals surface area contributed by atoms with E-state index in [1.54, 1.807) is 21.0 Å². The Kier molecular flexibility index (Phi) is 4.33. The van der Waals surface area contributed by atoms with Crippen molar-refractivity contribution in [3.63, 3.8) is 0 Å². The van der Waals surface area contributed by atoms with E-state index in [0.29, 0.717) is 6.61 Å². The molecule has 2 N–H and O–H groups in total. The molecule has 0 radical (unpaired) electrons. The van der Waals surface area contributed by atoms with E-state index in [0.717, 1.165) is 25.0 Å². The van der Waals surface area contributed by atoms with E-state index in [4.69, 9.17) is 15.2 Å². The Labute approximate surface area is 120 Å². The third kappa shape index (κ3) is 2.80. The molecule has 0 aliphatic heterocycles. The molecule has 110 valence electrons. The van der Waals surface area contributed by atoms with Crippen molar-refractivity contribution in [3.8, 4) is 5.75 Å². The zero-order valence-electron chi connectivity index (χ0n) is 12.4. The largest absolute Gasteiger partial charge is 0.497 e. The number of methoxy groups -OCH3 is 1. The van der Waals surface area contributed by atoms with Gasteiger partial charge in [0.05, 0.1) is 13.7 Å². The number of benzene rings is 1. The van der Waals surface area contributed by atoms with Crippen LogP contribution in [0.1, 0.15) is 31.4 Å². The van der Waals surface area contributed by atoms with Crippen LogP contribution in [0, 0.1) is 5.92 Å². The van der Waals surface area contributed by atoms with E-state index in [1.165, 1.54) is 11.1 Å². The summed E-state index contributed by atoms with van der Waals surface area (Å²) in [7, 11) is 1.67. The Hall–Kier alpha value is -1.55. The van der Waals surface area contributed by atoms with Crippen molar-refractivity contribution in [3.05, 3.63) is 29.3 Å². The fraction of sp³-hybridized carbons (Fsp3) is 0.562. The molecule has 1 aromatic carbocycles. The first-order chi connectivity index (χ1) is 9.48. The molecule has 0 heterocycles. The van der Waals surface area contributed by atoms with Crippen LogP contribution in [0.15, 0.2) is 18.2 Å². The molecule has 0 spiro atoms. The molecule has 2 atom stereocenters. The highest BCUT2D eigenvalue weighted by Crippen LogP contribution is 2.33. The number of esters is 1. The van der Waals surface area contributed by atoms with Crippen LogP contribution in [-0.2, 0) is 22.4 Å². The van der Waals surface area contributed by atoms with Crippen molar-refractivity contribution in [2.24, 2.45) is 11.7 Å². The number of nitrogens with two attached hydrogens (primary N) is 1. The SMILES string of the molecule is CCOC(=O)C(C)(N)C1CCc2cc(OC)ccc2C1. The fourth-order valence-corrected chi connectivity index (χ4v) is 2.82. The third-order valence-electron chi connectivity index (χ3n) is 4.21. The van der Waals surface area contributed by atoms with Gasteiger partial charge in [0.15, 0.2) is 0 Å². The average molecular weight is 277 g/mol. The summed E-state index contributed by atoms with van der Waals surface area (Å²) in [6.07, 6.45) is 2.63. The first-order valence-electron chi connectivity index (χ1n) is 7.11. The van der Waals surface area contributed by atoms with E-state index in [-0.39, 0.29) is 11.9 Å². The van der Waals surface area contributed by atoms with Gasteiger partial charge in [-0.25, -0.2) is 0 Å². The smallest absolute Gasteiger partial charge is 0.326 e. The molecule has 2 unspecified atom stereocenters. The maximum atomic E-state index is 12.0. The van der Waals surface area contributed by atoms with Gasteiger partial charge in [0.2, 0.25) is 0 Å². The maximum absolute atomic E-state index is 12.0. The van der Waals surface area contributed by atoms with Gasteiger partial charge in [-0.05, 0) is 62.3 Å². The maximum Gasteiger partial charge on any atom is 0.326 e. The summed E-state index contributed by atoms with van der Waals surface area (Å²) in [5, 5.41) is 0. The van der Waals surface area contributed by atoms with Crippen LogP contribution in [0.2, 0.25) is 0 Å². The number of fused-ring (bicyclic) bond motifs is 1. The van der Waals surface area contributed by atoms with Crippen molar-refractivity contribution in [2.45, 2.75) is 38.6 Å². The Balaban J connectivity index is 2.16. The van der Waals surface area contributed by atoms with Gasteiger partial charge in [0.25, 0.3) is 0 Å². The summed E-state index contributed by atoms with van der Waals surface area (Å²) < 4.78 is 10.3. The molecule has 20 heavy (non-hydrogen) atoms. The first-order valence-corrected chi connectivity index (χ1v) is 7.11. The van der Waals surface area contributed by atoms with Crippen molar-refractivity contribution < 1.29 is 14.3 Å². The van der Waals surface area contributed by atoms with Gasteiger partial charge in [-0.15, -0.1) is 0 Å². The molecule has 2 rings (SSSR count). The Morgan fingerprint density at radius 3 is 2.85 bits per heavy atom. The van der Waals surface area contributed by atoms with Gasteiger partial charge in [0.1, 0.15) is 11.3 Å². The second-order valence-corrected chi connectivity index (χ2v) is 5.58. The van der Waals surface area contributed by atoms with E-state index in [2.05, 4.69) is 12.1 Å². The second-order valence-electron chi connectivity index (χ2n) is 5.58. The van der Waals surface area contributed by atoms with Gasteiger partial charge in [0, 0.05) is 0 Å². The second kappa shape index (κ2) is 5.83. The topological polar surface area (TPSA) is 61.5 Å². The fourth-order valence-electron chi connectivity index (χ4n) is 2.82. The van der Waals surface area contributed by atoms with Gasteiger partial charge >= 0.3 is 5.97 Å². The lowest BCUT2D eigenvalue weighted by Crippen LogP contribution is -2.54. The summed E-state index contributed by atoms with van der Waals surface area (Å²) in [4.78, 5) is 12.0. The lowest BCUT2D eigenvalue weighted by Gasteiger charge is -2.35. The molecule has 4 nitrogen and oxygen atoms in total. The lowest BCUT2D eigenvalue weighted by molar-refractivity contribution is -0.151. The molecule has 1 aliphatic rings. The Bertz CT molecular complexity index is 496. The Morgan fingerprint density at radius 1 is 1.45 bits per heavy atom. The van der Waals surface area contributed by atoms with Gasteiger partial charge in [-0.2, -0.15) is 0 Å². The zero-order valence-corrected chi connectivity index (χ0v) is 12.4. The molecular formula is C16H23NO3. The number of hydrogen-bond acceptors (Lipinski definition) is 4.